The molecule has 0 heterocycles. The number of carbonyl (C=O) groups excluding carboxylic acids is 1. The van der Waals surface area contributed by atoms with Crippen LogP contribution in [0.1, 0.15) is 133 Å². The predicted octanol–water partition coefficient (Wildman–Crippen LogP) is 8.88. The summed E-state index contributed by atoms with van der Waals surface area (Å²) in [5.74, 6) is 1.30. The zero-order valence-corrected chi connectivity index (χ0v) is 23.8. The highest BCUT2D eigenvalue weighted by atomic mass is 16.5. The van der Waals surface area contributed by atoms with Crippen LogP contribution in [0.4, 0.5) is 0 Å². The Morgan fingerprint density at radius 2 is 1.44 bits per heavy atom. The molecule has 5 aliphatic carbocycles. The predicted molar refractivity (Wildman–Crippen MR) is 140 cm³/mol. The second-order valence-corrected chi connectivity index (χ2v) is 15.8. The molecule has 5 aliphatic rings. The molecule has 0 aromatic carbocycles. The van der Waals surface area contributed by atoms with Crippen LogP contribution in [0.3, 0.4) is 0 Å². The minimum atomic E-state index is -0.107. The van der Waals surface area contributed by atoms with Gasteiger partial charge in [-0.1, -0.05) is 66.5 Å². The van der Waals surface area contributed by atoms with Gasteiger partial charge in [0.1, 0.15) is 6.10 Å². The van der Waals surface area contributed by atoms with Crippen molar-refractivity contribution in [3.05, 3.63) is 11.1 Å². The Hall–Kier alpha value is -0.790. The third kappa shape index (κ3) is 3.21. The van der Waals surface area contributed by atoms with Crippen LogP contribution in [-0.4, -0.2) is 12.1 Å². The summed E-state index contributed by atoms with van der Waals surface area (Å²) in [6, 6.07) is 0. The molecule has 0 aromatic heterocycles. The molecule has 5 rings (SSSR count). The molecule has 4 saturated carbocycles. The Bertz CT molecular complexity index is 910. The first-order valence-corrected chi connectivity index (χ1v) is 14.5. The van der Waals surface area contributed by atoms with Gasteiger partial charge in [0.25, 0.3) is 0 Å². The van der Waals surface area contributed by atoms with E-state index < -0.39 is 0 Å². The lowest BCUT2D eigenvalue weighted by molar-refractivity contribution is -0.213. The number of esters is 1. The molecule has 0 amide bonds. The highest BCUT2D eigenvalue weighted by Crippen LogP contribution is 2.75. The van der Waals surface area contributed by atoms with E-state index in [2.05, 4.69) is 55.4 Å². The number of carbonyl (C=O) groups is 1. The van der Waals surface area contributed by atoms with Crippen LogP contribution in [0.25, 0.3) is 0 Å². The minimum Gasteiger partial charge on any atom is -0.462 e. The summed E-state index contributed by atoms with van der Waals surface area (Å²) in [4.78, 5) is 11.9. The molecule has 0 aliphatic heterocycles. The van der Waals surface area contributed by atoms with Crippen LogP contribution >= 0.6 is 0 Å². The van der Waals surface area contributed by atoms with Gasteiger partial charge in [0.05, 0.1) is 0 Å². The summed E-state index contributed by atoms with van der Waals surface area (Å²) in [5, 5.41) is 0. The molecular weight excluding hydrogens is 416 g/mol. The zero-order chi connectivity index (χ0) is 24.9. The molecule has 0 radical (unpaired) electrons. The van der Waals surface area contributed by atoms with Crippen LogP contribution in [0.15, 0.2) is 11.1 Å². The van der Waals surface area contributed by atoms with E-state index in [1.807, 2.05) is 11.1 Å². The quantitative estimate of drug-likeness (QED) is 0.284. The Balaban J connectivity index is 1.54. The van der Waals surface area contributed by atoms with Crippen molar-refractivity contribution in [2.45, 2.75) is 139 Å². The molecule has 0 aromatic rings. The first-order chi connectivity index (χ1) is 15.6. The lowest BCUT2D eigenvalue weighted by Gasteiger charge is -2.71. The van der Waals surface area contributed by atoms with Gasteiger partial charge >= 0.3 is 5.97 Å². The maximum atomic E-state index is 11.9. The number of ether oxygens (including phenoxy) is 1. The number of rotatable bonds is 1. The molecule has 0 unspecified atom stereocenters. The SMILES string of the molecule is CC(=O)O[C@@H]1CC[C@]2(C)[C@H]3CCC4=C5CC(C)(C)CC[C@]5(C)CC[C@@]4(C)[C@]3(C)CC[C@H]2C1(C)C. The molecule has 0 bridgehead atoms. The molecule has 7 atom stereocenters. The van der Waals surface area contributed by atoms with Gasteiger partial charge in [0.2, 0.25) is 0 Å². The van der Waals surface area contributed by atoms with Crippen molar-refractivity contribution < 1.29 is 9.53 Å². The molecule has 2 nitrogen and oxygen atoms in total. The van der Waals surface area contributed by atoms with Gasteiger partial charge in [-0.3, -0.25) is 4.79 Å². The number of hydrogen-bond donors (Lipinski definition) is 0. The molecule has 4 fully saturated rings. The van der Waals surface area contributed by atoms with Gasteiger partial charge in [-0.2, -0.15) is 0 Å². The molecule has 34 heavy (non-hydrogen) atoms. The maximum Gasteiger partial charge on any atom is 0.302 e. The van der Waals surface area contributed by atoms with E-state index in [0.717, 1.165) is 12.3 Å². The largest absolute Gasteiger partial charge is 0.462 e. The van der Waals surface area contributed by atoms with E-state index in [-0.39, 0.29) is 17.5 Å². The summed E-state index contributed by atoms with van der Waals surface area (Å²) in [6.07, 6.45) is 14.5. The lowest BCUT2D eigenvalue weighted by Crippen LogP contribution is -2.64. The Kier molecular flexibility index (Phi) is 5.40. The van der Waals surface area contributed by atoms with Gasteiger partial charge in [-0.25, -0.2) is 0 Å². The third-order valence-corrected chi connectivity index (χ3v) is 13.2. The second-order valence-electron chi connectivity index (χ2n) is 15.8. The summed E-state index contributed by atoms with van der Waals surface area (Å²) < 4.78 is 5.91. The average Bonchev–Trinajstić information content (AvgIpc) is 2.72. The number of allylic oxidation sites excluding steroid dienone is 2. The van der Waals surface area contributed by atoms with E-state index in [0.29, 0.717) is 33.0 Å². The highest BCUT2D eigenvalue weighted by Gasteiger charge is 2.67. The molecule has 0 N–H and O–H groups in total. The van der Waals surface area contributed by atoms with Crippen LogP contribution in [0.2, 0.25) is 0 Å². The molecule has 0 spiro atoms. The topological polar surface area (TPSA) is 26.3 Å². The first kappa shape index (κ1) is 24.9. The van der Waals surface area contributed by atoms with Crippen LogP contribution in [0.5, 0.6) is 0 Å². The normalized spacial score (nSPS) is 49.3. The standard InChI is InChI=1S/C32H52O2/c1-21(33)34-26-13-14-30(7)24(28(26,4)5)12-15-32(9)25(30)11-10-22-23-20-27(2,3)16-17-29(23,6)18-19-31(22,32)8/h24-26H,10-20H2,1-9H3/t24-,25+,26+,29+,30-,31+,32+/m0/s1. The zero-order valence-electron chi connectivity index (χ0n) is 23.8. The molecule has 2 heteroatoms. The fourth-order valence-corrected chi connectivity index (χ4v) is 10.9. The van der Waals surface area contributed by atoms with Gasteiger partial charge in [-0.05, 0) is 110 Å². The fraction of sp³-hybridized carbons (Fsp3) is 0.906. The van der Waals surface area contributed by atoms with Gasteiger partial charge < -0.3 is 4.74 Å². The van der Waals surface area contributed by atoms with E-state index in [4.69, 9.17) is 4.74 Å². The van der Waals surface area contributed by atoms with Crippen molar-refractivity contribution in [1.82, 2.24) is 0 Å². The van der Waals surface area contributed by atoms with Crippen molar-refractivity contribution in [2.24, 2.45) is 44.3 Å². The average molecular weight is 469 g/mol. The number of hydrogen-bond acceptors (Lipinski definition) is 2. The van der Waals surface area contributed by atoms with Crippen molar-refractivity contribution in [3.8, 4) is 0 Å². The van der Waals surface area contributed by atoms with Crippen LogP contribution in [0, 0.1) is 44.3 Å². The Labute approximate surface area is 210 Å². The van der Waals surface area contributed by atoms with E-state index in [1.54, 1.807) is 6.92 Å². The summed E-state index contributed by atoms with van der Waals surface area (Å²) in [5.41, 5.74) is 5.84. The van der Waals surface area contributed by atoms with Crippen LogP contribution < -0.4 is 0 Å². The van der Waals surface area contributed by atoms with Crippen molar-refractivity contribution in [1.29, 1.82) is 0 Å². The van der Waals surface area contributed by atoms with Gasteiger partial charge in [0, 0.05) is 12.3 Å². The molecule has 192 valence electrons. The lowest BCUT2D eigenvalue weighted by atomic mass is 9.34. The fourth-order valence-electron chi connectivity index (χ4n) is 10.9. The van der Waals surface area contributed by atoms with E-state index >= 15 is 0 Å². The van der Waals surface area contributed by atoms with Gasteiger partial charge in [0.15, 0.2) is 0 Å². The Morgan fingerprint density at radius 1 is 0.765 bits per heavy atom. The van der Waals surface area contributed by atoms with E-state index in [1.165, 1.54) is 64.2 Å². The number of fused-ring (bicyclic) bond motifs is 6. The van der Waals surface area contributed by atoms with Gasteiger partial charge in [-0.15, -0.1) is 0 Å². The summed E-state index contributed by atoms with van der Waals surface area (Å²) >= 11 is 0. The Morgan fingerprint density at radius 3 is 2.12 bits per heavy atom. The van der Waals surface area contributed by atoms with Crippen molar-refractivity contribution in [3.63, 3.8) is 0 Å². The molecule has 0 saturated heterocycles. The third-order valence-electron chi connectivity index (χ3n) is 13.2. The van der Waals surface area contributed by atoms with Crippen molar-refractivity contribution >= 4 is 5.97 Å². The summed E-state index contributed by atoms with van der Waals surface area (Å²) in [6.45, 7) is 22.1. The first-order valence-electron chi connectivity index (χ1n) is 14.5. The van der Waals surface area contributed by atoms with Crippen molar-refractivity contribution in [2.75, 3.05) is 0 Å². The monoisotopic (exact) mass is 468 g/mol. The van der Waals surface area contributed by atoms with Crippen LogP contribution in [-0.2, 0) is 9.53 Å². The van der Waals surface area contributed by atoms with E-state index in [9.17, 15) is 4.79 Å². The maximum absolute atomic E-state index is 11.9. The highest BCUT2D eigenvalue weighted by molar-refractivity contribution is 5.66. The smallest absolute Gasteiger partial charge is 0.302 e. The molecular formula is C32H52O2. The summed E-state index contributed by atoms with van der Waals surface area (Å²) in [7, 11) is 0. The minimum absolute atomic E-state index is 0.0537. The second kappa shape index (κ2) is 7.38.